The Labute approximate surface area is 90.0 Å². The molecule has 0 fully saturated rings. The van der Waals surface area contributed by atoms with Crippen molar-refractivity contribution in [2.75, 3.05) is 36.7 Å². The van der Waals surface area contributed by atoms with E-state index in [-0.39, 0.29) is 5.75 Å². The van der Waals surface area contributed by atoms with Gasteiger partial charge in [-0.1, -0.05) is 0 Å². The molecule has 14 heavy (non-hydrogen) atoms. The van der Waals surface area contributed by atoms with Gasteiger partial charge in [0.05, 0.1) is 18.5 Å². The van der Waals surface area contributed by atoms with Gasteiger partial charge in [-0.15, -0.1) is 0 Å². The molecule has 0 saturated heterocycles. The molecular weight excluding hydrogens is 224 g/mol. The van der Waals surface area contributed by atoms with Crippen LogP contribution in [0.15, 0.2) is 0 Å². The van der Waals surface area contributed by atoms with Crippen molar-refractivity contribution in [1.29, 1.82) is 0 Å². The monoisotopic (exact) mass is 242 g/mol. The van der Waals surface area contributed by atoms with E-state index in [2.05, 4.69) is 0 Å². The summed E-state index contributed by atoms with van der Waals surface area (Å²) in [4.78, 5) is 0. The van der Waals surface area contributed by atoms with Gasteiger partial charge in [-0.2, -0.15) is 11.8 Å². The second-order valence-electron chi connectivity index (χ2n) is 3.02. The van der Waals surface area contributed by atoms with Crippen molar-refractivity contribution >= 4 is 21.6 Å². The molecule has 6 heteroatoms. The average molecular weight is 242 g/mol. The summed E-state index contributed by atoms with van der Waals surface area (Å²) < 4.78 is 26.5. The molecule has 0 radical (unpaired) electrons. The Hall–Kier alpha value is 0.220. The maximum Gasteiger partial charge on any atom is 0.148 e. The lowest BCUT2D eigenvalue weighted by molar-refractivity contribution is 0.0551. The number of thioether (sulfide) groups is 1. The number of rotatable bonds is 8. The van der Waals surface area contributed by atoms with Crippen LogP contribution in [0.2, 0.25) is 0 Å². The summed E-state index contributed by atoms with van der Waals surface area (Å²) in [5, 5.41) is 9.31. The van der Waals surface area contributed by atoms with Crippen LogP contribution in [-0.2, 0) is 14.6 Å². The van der Waals surface area contributed by atoms with Gasteiger partial charge in [-0.3, -0.25) is 0 Å². The van der Waals surface area contributed by atoms with Gasteiger partial charge in [-0.05, 0) is 6.92 Å². The van der Waals surface area contributed by atoms with E-state index >= 15 is 0 Å². The molecule has 0 rings (SSSR count). The van der Waals surface area contributed by atoms with Gasteiger partial charge in [0.15, 0.2) is 0 Å². The molecule has 0 bridgehead atoms. The van der Waals surface area contributed by atoms with Crippen LogP contribution in [0.3, 0.4) is 0 Å². The summed E-state index contributed by atoms with van der Waals surface area (Å²) in [5.41, 5.74) is 0. The summed E-state index contributed by atoms with van der Waals surface area (Å²) in [7, 11) is -2.87. The predicted octanol–water partition coefficient (Wildman–Crippen LogP) is 0.162. The van der Waals surface area contributed by atoms with Gasteiger partial charge in [-0.25, -0.2) is 8.42 Å². The highest BCUT2D eigenvalue weighted by Crippen LogP contribution is 2.04. The van der Waals surface area contributed by atoms with E-state index in [9.17, 15) is 13.5 Å². The number of hydrogen-bond donors (Lipinski definition) is 1. The minimum Gasteiger partial charge on any atom is -0.390 e. The predicted molar refractivity (Wildman–Crippen MR) is 59.5 cm³/mol. The first-order valence-electron chi connectivity index (χ1n) is 4.47. The van der Waals surface area contributed by atoms with Crippen LogP contribution < -0.4 is 0 Å². The Balaban J connectivity index is 3.36. The fourth-order valence-corrected chi connectivity index (χ4v) is 2.95. The van der Waals surface area contributed by atoms with Crippen LogP contribution in [0.4, 0.5) is 0 Å². The highest BCUT2D eigenvalue weighted by Gasteiger charge is 2.06. The highest BCUT2D eigenvalue weighted by atomic mass is 32.2. The summed E-state index contributed by atoms with van der Waals surface area (Å²) in [6.07, 6.45) is 0.712. The maximum absolute atomic E-state index is 10.7. The van der Waals surface area contributed by atoms with E-state index in [0.29, 0.717) is 24.7 Å². The molecule has 0 aromatic carbocycles. The molecule has 0 spiro atoms. The van der Waals surface area contributed by atoms with E-state index in [1.165, 1.54) is 18.0 Å². The first kappa shape index (κ1) is 14.2. The molecule has 0 aromatic heterocycles. The molecule has 1 unspecified atom stereocenters. The summed E-state index contributed by atoms with van der Waals surface area (Å²) in [6, 6.07) is 0. The van der Waals surface area contributed by atoms with Crippen molar-refractivity contribution in [3.8, 4) is 0 Å². The molecule has 4 nitrogen and oxygen atoms in total. The maximum atomic E-state index is 10.7. The fraction of sp³-hybridized carbons (Fsp3) is 1.00. The number of sulfone groups is 1. The molecular formula is C8H18O4S2. The van der Waals surface area contributed by atoms with Crippen LogP contribution in [0.5, 0.6) is 0 Å². The fourth-order valence-electron chi connectivity index (χ4n) is 0.732. The Morgan fingerprint density at radius 2 is 2.14 bits per heavy atom. The third kappa shape index (κ3) is 10.3. The van der Waals surface area contributed by atoms with E-state index in [4.69, 9.17) is 4.74 Å². The molecule has 0 aliphatic carbocycles. The van der Waals surface area contributed by atoms with Crippen molar-refractivity contribution in [3.05, 3.63) is 0 Å². The van der Waals surface area contributed by atoms with E-state index in [0.717, 1.165) is 0 Å². The Kier molecular flexibility index (Phi) is 7.62. The van der Waals surface area contributed by atoms with Crippen LogP contribution in [0, 0.1) is 0 Å². The van der Waals surface area contributed by atoms with Crippen LogP contribution in [-0.4, -0.2) is 56.4 Å². The molecule has 0 aliphatic rings. The quantitative estimate of drug-likeness (QED) is 0.614. The van der Waals surface area contributed by atoms with E-state index in [1.807, 2.05) is 6.92 Å². The van der Waals surface area contributed by atoms with Crippen LogP contribution in [0.25, 0.3) is 0 Å². The molecule has 1 atom stereocenters. The lowest BCUT2D eigenvalue weighted by Crippen LogP contribution is -2.18. The first-order chi connectivity index (χ1) is 6.45. The summed E-state index contributed by atoms with van der Waals surface area (Å²) in [6.45, 7) is 2.77. The zero-order valence-electron chi connectivity index (χ0n) is 8.60. The lowest BCUT2D eigenvalue weighted by Gasteiger charge is -2.09. The first-order valence-corrected chi connectivity index (χ1v) is 7.68. The second kappa shape index (κ2) is 7.50. The average Bonchev–Trinajstić information content (AvgIpc) is 2.07. The highest BCUT2D eigenvalue weighted by molar-refractivity contribution is 8.00. The third-order valence-corrected chi connectivity index (χ3v) is 3.74. The summed E-state index contributed by atoms with van der Waals surface area (Å²) in [5.74, 6) is 1.22. The molecule has 0 saturated carbocycles. The number of aliphatic hydroxyl groups excluding tert-OH is 1. The molecule has 0 aromatic rings. The second-order valence-corrected chi connectivity index (χ2v) is 6.43. The van der Waals surface area contributed by atoms with Gasteiger partial charge < -0.3 is 9.84 Å². The number of aliphatic hydroxyl groups is 1. The van der Waals surface area contributed by atoms with Gasteiger partial charge >= 0.3 is 0 Å². The Morgan fingerprint density at radius 1 is 1.50 bits per heavy atom. The molecule has 86 valence electrons. The smallest absolute Gasteiger partial charge is 0.148 e. The van der Waals surface area contributed by atoms with Gasteiger partial charge in [0, 0.05) is 24.4 Å². The number of hydrogen-bond acceptors (Lipinski definition) is 5. The zero-order chi connectivity index (χ0) is 11.0. The largest absolute Gasteiger partial charge is 0.390 e. The van der Waals surface area contributed by atoms with Crippen molar-refractivity contribution in [3.63, 3.8) is 0 Å². The van der Waals surface area contributed by atoms with Crippen molar-refractivity contribution < 1.29 is 18.3 Å². The molecule has 1 N–H and O–H groups in total. The lowest BCUT2D eigenvalue weighted by atomic mass is 10.4. The van der Waals surface area contributed by atoms with E-state index < -0.39 is 15.9 Å². The minimum atomic E-state index is -2.87. The number of ether oxygens (including phenoxy) is 1. The van der Waals surface area contributed by atoms with Crippen LogP contribution in [0.1, 0.15) is 6.92 Å². The van der Waals surface area contributed by atoms with Crippen molar-refractivity contribution in [2.24, 2.45) is 0 Å². The van der Waals surface area contributed by atoms with Gasteiger partial charge in [0.25, 0.3) is 0 Å². The van der Waals surface area contributed by atoms with Crippen LogP contribution >= 0.6 is 11.8 Å². The minimum absolute atomic E-state index is 0.166. The molecule has 0 aliphatic heterocycles. The SMILES string of the molecule is CCOCC(O)CSCCS(C)(=O)=O. The topological polar surface area (TPSA) is 63.6 Å². The zero-order valence-corrected chi connectivity index (χ0v) is 10.2. The van der Waals surface area contributed by atoms with E-state index in [1.54, 1.807) is 0 Å². The normalized spacial score (nSPS) is 14.2. The third-order valence-electron chi connectivity index (χ3n) is 1.42. The Bertz CT molecular complexity index is 225. The molecule has 0 amide bonds. The standard InChI is InChI=1S/C8H18O4S2/c1-3-12-6-8(9)7-13-4-5-14(2,10)11/h8-9H,3-7H2,1-2H3. The summed E-state index contributed by atoms with van der Waals surface area (Å²) >= 11 is 1.43. The van der Waals surface area contributed by atoms with Gasteiger partial charge in [0.2, 0.25) is 0 Å². The van der Waals surface area contributed by atoms with Gasteiger partial charge in [0.1, 0.15) is 9.84 Å². The van der Waals surface area contributed by atoms with Crippen molar-refractivity contribution in [1.82, 2.24) is 0 Å². The van der Waals surface area contributed by atoms with Crippen molar-refractivity contribution in [2.45, 2.75) is 13.0 Å². The Morgan fingerprint density at radius 3 is 2.64 bits per heavy atom. The molecule has 0 heterocycles.